The van der Waals surface area contributed by atoms with Crippen LogP contribution in [0.3, 0.4) is 0 Å². The van der Waals surface area contributed by atoms with Crippen LogP contribution in [0.1, 0.15) is 26.2 Å². The van der Waals surface area contributed by atoms with Gasteiger partial charge in [-0.15, -0.1) is 11.3 Å². The van der Waals surface area contributed by atoms with Crippen LogP contribution in [-0.4, -0.2) is 24.5 Å². The van der Waals surface area contributed by atoms with Gasteiger partial charge in [-0.2, -0.15) is 0 Å². The number of ether oxygens (including phenoxy) is 1. The molecule has 23 heavy (non-hydrogen) atoms. The third-order valence-corrected chi connectivity index (χ3v) is 4.64. The van der Waals surface area contributed by atoms with Gasteiger partial charge in [0.2, 0.25) is 0 Å². The van der Waals surface area contributed by atoms with Crippen LogP contribution in [0, 0.1) is 17.0 Å². The molecule has 8 heteroatoms. The zero-order valence-electron chi connectivity index (χ0n) is 12.5. The first-order valence-corrected chi connectivity index (χ1v) is 7.93. The summed E-state index contributed by atoms with van der Waals surface area (Å²) >= 11 is 7.54. The van der Waals surface area contributed by atoms with Gasteiger partial charge in [0.1, 0.15) is 6.10 Å². The lowest BCUT2D eigenvalue weighted by molar-refractivity contribution is -0.384. The number of carbonyl (C=O) groups is 1. The van der Waals surface area contributed by atoms with Crippen LogP contribution in [0.4, 0.5) is 5.69 Å². The van der Waals surface area contributed by atoms with E-state index in [4.69, 9.17) is 16.3 Å². The van der Waals surface area contributed by atoms with E-state index in [-0.39, 0.29) is 28.9 Å². The smallest absolute Gasteiger partial charge is 0.270 e. The number of thiophene rings is 1. The van der Waals surface area contributed by atoms with Crippen molar-refractivity contribution in [2.75, 3.05) is 13.7 Å². The topological polar surface area (TPSA) is 81.5 Å². The average Bonchev–Trinajstić information content (AvgIpc) is 2.94. The first kappa shape index (κ1) is 17.4. The second kappa shape index (κ2) is 7.54. The van der Waals surface area contributed by atoms with Crippen molar-refractivity contribution in [3.8, 4) is 0 Å². The van der Waals surface area contributed by atoms with E-state index >= 15 is 0 Å². The quantitative estimate of drug-likeness (QED) is 0.633. The minimum Gasteiger partial charge on any atom is -0.374 e. The predicted molar refractivity (Wildman–Crippen MR) is 89.2 cm³/mol. The minimum absolute atomic E-state index is 0.0677. The van der Waals surface area contributed by atoms with Crippen molar-refractivity contribution in [2.24, 2.45) is 0 Å². The van der Waals surface area contributed by atoms with E-state index in [0.29, 0.717) is 0 Å². The van der Waals surface area contributed by atoms with Crippen LogP contribution < -0.4 is 5.32 Å². The molecule has 0 saturated carbocycles. The predicted octanol–water partition coefficient (Wildman–Crippen LogP) is 3.74. The summed E-state index contributed by atoms with van der Waals surface area (Å²) in [6, 6.07) is 7.68. The lowest BCUT2D eigenvalue weighted by Crippen LogP contribution is -2.29. The third kappa shape index (κ3) is 4.28. The number of nitrogens with one attached hydrogen (secondary N) is 1. The highest BCUT2D eigenvalue weighted by atomic mass is 35.5. The molecule has 0 saturated heterocycles. The molecule has 1 aromatic heterocycles. The zero-order valence-corrected chi connectivity index (χ0v) is 14.1. The molecule has 6 nitrogen and oxygen atoms in total. The SMILES string of the molecule is COC(CNC(=O)c1cc([N+](=O)[O-])ccc1Cl)c1ccc(C)s1. The number of amides is 1. The number of carbonyl (C=O) groups excluding carboxylic acids is 1. The Balaban J connectivity index is 2.09. The van der Waals surface area contributed by atoms with E-state index in [1.165, 1.54) is 12.1 Å². The summed E-state index contributed by atoms with van der Waals surface area (Å²) in [4.78, 5) is 24.6. The Kier molecular flexibility index (Phi) is 5.70. The summed E-state index contributed by atoms with van der Waals surface area (Å²) < 4.78 is 5.38. The maximum Gasteiger partial charge on any atom is 0.270 e. The molecule has 0 aliphatic heterocycles. The number of nitro groups is 1. The number of benzene rings is 1. The molecule has 0 bridgehead atoms. The molecule has 1 unspecified atom stereocenters. The van der Waals surface area contributed by atoms with Crippen LogP contribution in [0.25, 0.3) is 0 Å². The Morgan fingerprint density at radius 1 is 1.43 bits per heavy atom. The summed E-state index contributed by atoms with van der Waals surface area (Å²) in [5, 5.41) is 13.7. The normalized spacial score (nSPS) is 12.0. The summed E-state index contributed by atoms with van der Waals surface area (Å²) in [5.74, 6) is -0.478. The first-order chi connectivity index (χ1) is 10.9. The number of hydrogen-bond donors (Lipinski definition) is 1. The Morgan fingerprint density at radius 3 is 2.74 bits per heavy atom. The van der Waals surface area contributed by atoms with Crippen LogP contribution in [0.5, 0.6) is 0 Å². The number of rotatable bonds is 6. The molecule has 0 fully saturated rings. The number of nitro benzene ring substituents is 1. The van der Waals surface area contributed by atoms with Crippen molar-refractivity contribution in [3.63, 3.8) is 0 Å². The Bertz CT molecular complexity index is 732. The largest absolute Gasteiger partial charge is 0.374 e. The van der Waals surface area contributed by atoms with Crippen molar-refractivity contribution in [1.82, 2.24) is 5.32 Å². The molecule has 1 atom stereocenters. The molecule has 0 aliphatic rings. The van der Waals surface area contributed by atoms with Gasteiger partial charge in [0.15, 0.2) is 0 Å². The van der Waals surface area contributed by atoms with Crippen molar-refractivity contribution in [1.29, 1.82) is 0 Å². The van der Waals surface area contributed by atoms with Gasteiger partial charge in [-0.1, -0.05) is 11.6 Å². The molecular weight excluding hydrogens is 340 g/mol. The second-order valence-corrected chi connectivity index (χ2v) is 6.53. The van der Waals surface area contributed by atoms with E-state index in [2.05, 4.69) is 5.32 Å². The van der Waals surface area contributed by atoms with E-state index < -0.39 is 10.8 Å². The highest BCUT2D eigenvalue weighted by Crippen LogP contribution is 2.25. The van der Waals surface area contributed by atoms with Gasteiger partial charge < -0.3 is 10.1 Å². The van der Waals surface area contributed by atoms with Crippen molar-refractivity contribution < 1.29 is 14.5 Å². The maximum absolute atomic E-state index is 12.2. The van der Waals surface area contributed by atoms with Gasteiger partial charge >= 0.3 is 0 Å². The van der Waals surface area contributed by atoms with Gasteiger partial charge in [0.05, 0.1) is 15.5 Å². The Hall–Kier alpha value is -1.96. The lowest BCUT2D eigenvalue weighted by atomic mass is 10.2. The van der Waals surface area contributed by atoms with Crippen molar-refractivity contribution in [3.05, 3.63) is 60.8 Å². The molecule has 2 aromatic rings. The second-order valence-electron chi connectivity index (χ2n) is 4.80. The highest BCUT2D eigenvalue weighted by molar-refractivity contribution is 7.12. The van der Waals surface area contributed by atoms with Crippen LogP contribution in [0.2, 0.25) is 5.02 Å². The van der Waals surface area contributed by atoms with Crippen LogP contribution in [0.15, 0.2) is 30.3 Å². The number of aryl methyl sites for hydroxylation is 1. The van der Waals surface area contributed by atoms with Crippen molar-refractivity contribution in [2.45, 2.75) is 13.0 Å². The molecule has 2 rings (SSSR count). The van der Waals surface area contributed by atoms with Crippen LogP contribution in [-0.2, 0) is 4.74 Å². The van der Waals surface area contributed by atoms with Gasteiger partial charge in [-0.05, 0) is 25.1 Å². The van der Waals surface area contributed by atoms with E-state index in [9.17, 15) is 14.9 Å². The monoisotopic (exact) mass is 354 g/mol. The molecule has 122 valence electrons. The van der Waals surface area contributed by atoms with E-state index in [0.717, 1.165) is 15.8 Å². The third-order valence-electron chi connectivity index (χ3n) is 3.22. The standard InChI is InChI=1S/C15H15ClN2O4S/c1-9-3-6-14(23-9)13(22-2)8-17-15(19)11-7-10(18(20)21)4-5-12(11)16/h3-7,13H,8H2,1-2H3,(H,17,19). The maximum atomic E-state index is 12.2. The molecule has 1 heterocycles. The molecule has 1 aromatic carbocycles. The van der Waals surface area contributed by atoms with Gasteiger partial charge in [-0.3, -0.25) is 14.9 Å². The molecule has 0 radical (unpaired) electrons. The number of nitrogens with zero attached hydrogens (tertiary/aromatic N) is 1. The van der Waals surface area contributed by atoms with Gasteiger partial charge in [0.25, 0.3) is 11.6 Å². The van der Waals surface area contributed by atoms with E-state index in [1.807, 2.05) is 19.1 Å². The Morgan fingerprint density at radius 2 is 2.17 bits per heavy atom. The number of non-ortho nitro benzene ring substituents is 1. The Labute approximate surface area is 142 Å². The number of methoxy groups -OCH3 is 1. The zero-order chi connectivity index (χ0) is 17.0. The van der Waals surface area contributed by atoms with Crippen LogP contribution >= 0.6 is 22.9 Å². The molecule has 0 spiro atoms. The molecular formula is C15H15ClN2O4S. The van der Waals surface area contributed by atoms with Crippen molar-refractivity contribution >= 4 is 34.5 Å². The summed E-state index contributed by atoms with van der Waals surface area (Å²) in [6.45, 7) is 2.23. The average molecular weight is 355 g/mol. The molecule has 1 amide bonds. The number of halogens is 1. The highest BCUT2D eigenvalue weighted by Gasteiger charge is 2.18. The molecule has 1 N–H and O–H groups in total. The van der Waals surface area contributed by atoms with Gasteiger partial charge in [-0.25, -0.2) is 0 Å². The first-order valence-electron chi connectivity index (χ1n) is 6.73. The summed E-state index contributed by atoms with van der Waals surface area (Å²) in [5.41, 5.74) is -0.116. The lowest BCUT2D eigenvalue weighted by Gasteiger charge is -2.15. The van der Waals surface area contributed by atoms with E-state index in [1.54, 1.807) is 18.4 Å². The minimum atomic E-state index is -0.570. The van der Waals surface area contributed by atoms with Gasteiger partial charge in [0, 0.05) is 35.5 Å². The fraction of sp³-hybridized carbons (Fsp3) is 0.267. The summed E-state index contributed by atoms with van der Waals surface area (Å²) in [6.07, 6.45) is -0.282. The number of hydrogen-bond acceptors (Lipinski definition) is 5. The molecule has 0 aliphatic carbocycles. The fourth-order valence-electron chi connectivity index (χ4n) is 2.01. The summed E-state index contributed by atoms with van der Waals surface area (Å²) in [7, 11) is 1.56. The fourth-order valence-corrected chi connectivity index (χ4v) is 3.17.